The van der Waals surface area contributed by atoms with Gasteiger partial charge in [0.05, 0.1) is 11.1 Å². The zero-order chi connectivity index (χ0) is 12.1. The second-order valence-corrected chi connectivity index (χ2v) is 2.77. The molecule has 5 N–H and O–H groups in total. The van der Waals surface area contributed by atoms with Crippen LogP contribution >= 0.6 is 0 Å². The highest BCUT2D eigenvalue weighted by molar-refractivity contribution is 5.85. The van der Waals surface area contributed by atoms with E-state index in [2.05, 4.69) is 10.2 Å². The van der Waals surface area contributed by atoms with Crippen LogP contribution in [-0.4, -0.2) is 22.2 Å². The average Bonchev–Trinajstić information content (AvgIpc) is 2.20. The van der Waals surface area contributed by atoms with Gasteiger partial charge in [0.2, 0.25) is 5.96 Å². The summed E-state index contributed by atoms with van der Waals surface area (Å²) < 4.78 is 0. The highest BCUT2D eigenvalue weighted by atomic mass is 16.6. The standard InChI is InChI=1S/C8H9N5O3/c9-8(10)12-11-4-5-3-6(13(15)16)1-2-7(5)14/h1-4,14H,(H4,9,10,12)/b11-4-. The van der Waals surface area contributed by atoms with Gasteiger partial charge in [-0.2, -0.15) is 5.10 Å². The number of benzene rings is 1. The molecular formula is C8H9N5O3. The van der Waals surface area contributed by atoms with E-state index in [0.717, 1.165) is 12.3 Å². The van der Waals surface area contributed by atoms with E-state index in [4.69, 9.17) is 11.5 Å². The summed E-state index contributed by atoms with van der Waals surface area (Å²) >= 11 is 0. The number of phenols is 1. The molecule has 0 radical (unpaired) electrons. The molecule has 0 aromatic heterocycles. The van der Waals surface area contributed by atoms with Crippen molar-refractivity contribution in [2.24, 2.45) is 21.7 Å². The van der Waals surface area contributed by atoms with Crippen molar-refractivity contribution < 1.29 is 10.0 Å². The van der Waals surface area contributed by atoms with Crippen molar-refractivity contribution in [1.82, 2.24) is 0 Å². The third-order valence-electron chi connectivity index (χ3n) is 1.59. The fourth-order valence-electron chi connectivity index (χ4n) is 0.917. The molecule has 0 saturated carbocycles. The first-order valence-electron chi connectivity index (χ1n) is 4.10. The molecule has 8 heteroatoms. The number of nitrogens with two attached hydrogens (primary N) is 2. The Kier molecular flexibility index (Phi) is 3.38. The number of phenolic OH excluding ortho intramolecular Hbond substituents is 1. The number of nitro benzene ring substituents is 1. The van der Waals surface area contributed by atoms with E-state index in [9.17, 15) is 15.2 Å². The van der Waals surface area contributed by atoms with Crippen LogP contribution in [0.3, 0.4) is 0 Å². The van der Waals surface area contributed by atoms with E-state index in [1.165, 1.54) is 12.1 Å². The van der Waals surface area contributed by atoms with Gasteiger partial charge in [-0.15, -0.1) is 5.10 Å². The number of aromatic hydroxyl groups is 1. The maximum atomic E-state index is 10.5. The molecule has 8 nitrogen and oxygen atoms in total. The topological polar surface area (TPSA) is 140 Å². The molecule has 0 aliphatic carbocycles. The summed E-state index contributed by atoms with van der Waals surface area (Å²) in [5.74, 6) is -0.402. The fourth-order valence-corrected chi connectivity index (χ4v) is 0.917. The lowest BCUT2D eigenvalue weighted by Gasteiger charge is -1.97. The minimum Gasteiger partial charge on any atom is -0.507 e. The van der Waals surface area contributed by atoms with Crippen LogP contribution in [0.15, 0.2) is 28.4 Å². The molecule has 0 atom stereocenters. The molecule has 16 heavy (non-hydrogen) atoms. The van der Waals surface area contributed by atoms with Gasteiger partial charge in [-0.25, -0.2) is 0 Å². The first-order valence-corrected chi connectivity index (χ1v) is 4.10. The molecule has 0 unspecified atom stereocenters. The van der Waals surface area contributed by atoms with Crippen LogP contribution in [0.1, 0.15) is 5.56 Å². The van der Waals surface area contributed by atoms with Crippen molar-refractivity contribution in [2.45, 2.75) is 0 Å². The van der Waals surface area contributed by atoms with Crippen molar-refractivity contribution in [1.29, 1.82) is 0 Å². The quantitative estimate of drug-likeness (QED) is 0.284. The molecule has 0 bridgehead atoms. The number of nitrogens with zero attached hydrogens (tertiary/aromatic N) is 3. The SMILES string of the molecule is NC(N)=N/N=C\c1cc([N+](=O)[O-])ccc1O. The summed E-state index contributed by atoms with van der Waals surface area (Å²) in [7, 11) is 0. The van der Waals surface area contributed by atoms with E-state index in [1.54, 1.807) is 0 Å². The summed E-state index contributed by atoms with van der Waals surface area (Å²) in [6, 6.07) is 3.52. The molecular weight excluding hydrogens is 214 g/mol. The molecule has 0 spiro atoms. The molecule has 0 aliphatic rings. The van der Waals surface area contributed by atoms with Gasteiger partial charge in [-0.3, -0.25) is 10.1 Å². The number of non-ortho nitro benzene ring substituents is 1. The Morgan fingerprint density at radius 3 is 2.75 bits per heavy atom. The minimum atomic E-state index is -0.586. The summed E-state index contributed by atoms with van der Waals surface area (Å²) in [5, 5.41) is 26.5. The lowest BCUT2D eigenvalue weighted by Crippen LogP contribution is -2.21. The summed E-state index contributed by atoms with van der Waals surface area (Å²) in [4.78, 5) is 9.87. The molecule has 1 rings (SSSR count). The summed E-state index contributed by atoms with van der Waals surface area (Å²) in [6.45, 7) is 0. The average molecular weight is 223 g/mol. The molecule has 84 valence electrons. The predicted octanol–water partition coefficient (Wildman–Crippen LogP) is -0.0923. The first-order chi connectivity index (χ1) is 7.50. The Labute approximate surface area is 90.0 Å². The van der Waals surface area contributed by atoms with Gasteiger partial charge in [0.25, 0.3) is 5.69 Å². The zero-order valence-corrected chi connectivity index (χ0v) is 8.07. The molecule has 0 fully saturated rings. The zero-order valence-electron chi connectivity index (χ0n) is 8.07. The van der Waals surface area contributed by atoms with Crippen molar-refractivity contribution in [2.75, 3.05) is 0 Å². The number of hydrogen-bond donors (Lipinski definition) is 3. The third-order valence-corrected chi connectivity index (χ3v) is 1.59. The van der Waals surface area contributed by atoms with Crippen molar-refractivity contribution in [3.63, 3.8) is 0 Å². The first kappa shape index (κ1) is 11.4. The van der Waals surface area contributed by atoms with Crippen molar-refractivity contribution >= 4 is 17.9 Å². The van der Waals surface area contributed by atoms with Crippen LogP contribution in [0.25, 0.3) is 0 Å². The lowest BCUT2D eigenvalue weighted by molar-refractivity contribution is -0.384. The maximum Gasteiger partial charge on any atom is 0.270 e. The van der Waals surface area contributed by atoms with Gasteiger partial charge in [-0.05, 0) is 6.07 Å². The van der Waals surface area contributed by atoms with Crippen LogP contribution in [0.2, 0.25) is 0 Å². The molecule has 0 aliphatic heterocycles. The van der Waals surface area contributed by atoms with Crippen LogP contribution in [0.4, 0.5) is 5.69 Å². The number of hydrogen-bond acceptors (Lipinski definition) is 5. The van der Waals surface area contributed by atoms with E-state index < -0.39 is 4.92 Å². The van der Waals surface area contributed by atoms with Gasteiger partial charge in [0.15, 0.2) is 0 Å². The Bertz CT molecular complexity index is 465. The number of rotatable bonds is 3. The smallest absolute Gasteiger partial charge is 0.270 e. The van der Waals surface area contributed by atoms with Crippen molar-refractivity contribution in [3.8, 4) is 5.75 Å². The Morgan fingerprint density at radius 2 is 2.19 bits per heavy atom. The molecule has 0 saturated heterocycles. The summed E-state index contributed by atoms with van der Waals surface area (Å²) in [5.41, 5.74) is 10.0. The van der Waals surface area contributed by atoms with E-state index in [1.807, 2.05) is 0 Å². The normalized spacial score (nSPS) is 10.2. The monoisotopic (exact) mass is 223 g/mol. The van der Waals surface area contributed by atoms with Gasteiger partial charge >= 0.3 is 0 Å². The van der Waals surface area contributed by atoms with E-state index >= 15 is 0 Å². The maximum absolute atomic E-state index is 10.5. The fraction of sp³-hybridized carbons (Fsp3) is 0. The lowest BCUT2D eigenvalue weighted by atomic mass is 10.2. The second-order valence-electron chi connectivity index (χ2n) is 2.77. The molecule has 1 aromatic carbocycles. The van der Waals surface area contributed by atoms with Gasteiger partial charge < -0.3 is 16.6 Å². The van der Waals surface area contributed by atoms with Gasteiger partial charge in [-0.1, -0.05) is 0 Å². The van der Waals surface area contributed by atoms with Crippen LogP contribution in [-0.2, 0) is 0 Å². The molecule has 0 heterocycles. The Hall–Kier alpha value is -2.64. The Morgan fingerprint density at radius 1 is 1.50 bits per heavy atom. The predicted molar refractivity (Wildman–Crippen MR) is 58.2 cm³/mol. The highest BCUT2D eigenvalue weighted by Crippen LogP contribution is 2.21. The van der Waals surface area contributed by atoms with Crippen LogP contribution in [0, 0.1) is 10.1 Å². The largest absolute Gasteiger partial charge is 0.507 e. The second kappa shape index (κ2) is 4.73. The van der Waals surface area contributed by atoms with Crippen molar-refractivity contribution in [3.05, 3.63) is 33.9 Å². The van der Waals surface area contributed by atoms with Gasteiger partial charge in [0, 0.05) is 17.7 Å². The van der Waals surface area contributed by atoms with E-state index in [0.29, 0.717) is 0 Å². The minimum absolute atomic E-state index is 0.152. The number of nitro groups is 1. The number of guanidine groups is 1. The highest BCUT2D eigenvalue weighted by Gasteiger charge is 2.08. The molecule has 0 amide bonds. The summed E-state index contributed by atoms with van der Waals surface area (Å²) in [6.07, 6.45) is 1.11. The van der Waals surface area contributed by atoms with Crippen LogP contribution in [0.5, 0.6) is 5.75 Å². The van der Waals surface area contributed by atoms with Gasteiger partial charge in [0.1, 0.15) is 5.75 Å². The Balaban J connectivity index is 3.03. The third kappa shape index (κ3) is 2.94. The molecule has 1 aromatic rings. The van der Waals surface area contributed by atoms with E-state index in [-0.39, 0.29) is 23.0 Å². The van der Waals surface area contributed by atoms with Crippen LogP contribution < -0.4 is 11.5 Å².